The Balaban J connectivity index is 1.83. The van der Waals surface area contributed by atoms with Crippen molar-refractivity contribution in [3.05, 3.63) is 71.3 Å². The van der Waals surface area contributed by atoms with E-state index in [0.717, 1.165) is 37.2 Å². The molecule has 0 unspecified atom stereocenters. The fraction of sp³-hybridized carbons (Fsp3) is 0.333. The third-order valence-electron chi connectivity index (χ3n) is 4.82. The van der Waals surface area contributed by atoms with Gasteiger partial charge in [-0.15, -0.1) is 0 Å². The first-order valence-electron chi connectivity index (χ1n) is 8.85. The first kappa shape index (κ1) is 18.1. The van der Waals surface area contributed by atoms with Crippen LogP contribution in [0.2, 0.25) is 0 Å². The van der Waals surface area contributed by atoms with Crippen molar-refractivity contribution < 1.29 is 9.53 Å². The molecule has 26 heavy (non-hydrogen) atoms. The number of hydrogen-bond donors (Lipinski definition) is 2. The normalized spacial score (nSPS) is 18.8. The predicted molar refractivity (Wildman–Crippen MR) is 99.0 cm³/mol. The fourth-order valence-corrected chi connectivity index (χ4v) is 3.38. The van der Waals surface area contributed by atoms with Gasteiger partial charge in [0.2, 0.25) is 5.91 Å². The molecule has 3 rings (SSSR count). The topological polar surface area (TPSA) is 88.1 Å². The Kier molecular flexibility index (Phi) is 6.00. The maximum absolute atomic E-state index is 12.1. The number of primary amides is 1. The van der Waals surface area contributed by atoms with E-state index in [0.29, 0.717) is 11.5 Å². The number of hydrogen-bond acceptors (Lipinski definition) is 4. The number of nitriles is 1. The minimum absolute atomic E-state index is 0.00366. The Labute approximate surface area is 153 Å². The number of ether oxygens (including phenoxy) is 1. The maximum Gasteiger partial charge on any atom is 0.239 e. The number of rotatable bonds is 7. The molecule has 0 bridgehead atoms. The van der Waals surface area contributed by atoms with Gasteiger partial charge in [0.15, 0.2) is 0 Å². The zero-order valence-corrected chi connectivity index (χ0v) is 14.6. The Hall–Kier alpha value is -2.68. The summed E-state index contributed by atoms with van der Waals surface area (Å²) in [6.07, 6.45) is 1.91. The number of nitrogens with two attached hydrogens (primary N) is 1. The first-order chi connectivity index (χ1) is 12.7. The number of carbonyl (C=O) groups is 1. The standard InChI is InChI=1S/C21H23N3O2/c22-13-15-6-8-18(9-7-15)20(21(23)25)24-19(12-16-10-11-26-14-16)17-4-2-1-3-5-17/h1-9,16,19-20,24H,10-12,14H2,(H2,23,25)/t16-,19-,20+/m1/s1. The fourth-order valence-electron chi connectivity index (χ4n) is 3.38. The van der Waals surface area contributed by atoms with Crippen molar-refractivity contribution in [3.8, 4) is 6.07 Å². The van der Waals surface area contributed by atoms with Crippen LogP contribution in [-0.4, -0.2) is 19.1 Å². The summed E-state index contributed by atoms with van der Waals surface area (Å²) < 4.78 is 5.51. The van der Waals surface area contributed by atoms with Crippen molar-refractivity contribution in [1.82, 2.24) is 5.32 Å². The van der Waals surface area contributed by atoms with Crippen LogP contribution in [0.1, 0.15) is 41.6 Å². The third kappa shape index (κ3) is 4.48. The van der Waals surface area contributed by atoms with Gasteiger partial charge >= 0.3 is 0 Å². The Bertz CT molecular complexity index is 762. The Morgan fingerprint density at radius 3 is 2.50 bits per heavy atom. The van der Waals surface area contributed by atoms with Crippen molar-refractivity contribution in [2.45, 2.75) is 24.9 Å². The minimum atomic E-state index is -0.615. The number of nitrogens with zero attached hydrogens (tertiary/aromatic N) is 1. The molecule has 2 aromatic carbocycles. The van der Waals surface area contributed by atoms with E-state index in [1.54, 1.807) is 24.3 Å². The summed E-state index contributed by atoms with van der Waals surface area (Å²) in [5, 5.41) is 12.4. The predicted octanol–water partition coefficient (Wildman–Crippen LogP) is 2.84. The molecule has 0 saturated carbocycles. The lowest BCUT2D eigenvalue weighted by Gasteiger charge is -2.26. The van der Waals surface area contributed by atoms with E-state index in [4.69, 9.17) is 15.7 Å². The molecule has 0 aliphatic carbocycles. The van der Waals surface area contributed by atoms with Crippen molar-refractivity contribution >= 4 is 5.91 Å². The molecular weight excluding hydrogens is 326 g/mol. The zero-order valence-electron chi connectivity index (χ0n) is 14.6. The van der Waals surface area contributed by atoms with Gasteiger partial charge in [0.1, 0.15) is 6.04 Å². The van der Waals surface area contributed by atoms with Gasteiger partial charge in [-0.3, -0.25) is 10.1 Å². The largest absolute Gasteiger partial charge is 0.381 e. The maximum atomic E-state index is 12.1. The van der Waals surface area contributed by atoms with Gasteiger partial charge in [0.05, 0.1) is 11.6 Å². The number of nitrogens with one attached hydrogen (secondary N) is 1. The highest BCUT2D eigenvalue weighted by molar-refractivity contribution is 5.81. The molecule has 0 spiro atoms. The first-order valence-corrected chi connectivity index (χ1v) is 8.85. The summed E-state index contributed by atoms with van der Waals surface area (Å²) in [6.45, 7) is 1.55. The second-order valence-electron chi connectivity index (χ2n) is 6.66. The molecular formula is C21H23N3O2. The van der Waals surface area contributed by atoms with Gasteiger partial charge in [0.25, 0.3) is 0 Å². The van der Waals surface area contributed by atoms with E-state index in [-0.39, 0.29) is 6.04 Å². The average molecular weight is 349 g/mol. The van der Waals surface area contributed by atoms with Crippen LogP contribution in [0.15, 0.2) is 54.6 Å². The van der Waals surface area contributed by atoms with Gasteiger partial charge in [-0.1, -0.05) is 42.5 Å². The van der Waals surface area contributed by atoms with Crippen LogP contribution in [0.4, 0.5) is 0 Å². The third-order valence-corrected chi connectivity index (χ3v) is 4.82. The van der Waals surface area contributed by atoms with E-state index in [2.05, 4.69) is 23.5 Å². The van der Waals surface area contributed by atoms with Crippen LogP contribution in [-0.2, 0) is 9.53 Å². The van der Waals surface area contributed by atoms with Crippen molar-refractivity contribution in [2.75, 3.05) is 13.2 Å². The van der Waals surface area contributed by atoms with Gasteiger partial charge in [-0.25, -0.2) is 0 Å². The van der Waals surface area contributed by atoms with Crippen molar-refractivity contribution in [1.29, 1.82) is 5.26 Å². The quantitative estimate of drug-likeness (QED) is 0.804. The molecule has 2 aromatic rings. The van der Waals surface area contributed by atoms with Crippen LogP contribution in [0, 0.1) is 17.2 Å². The smallest absolute Gasteiger partial charge is 0.239 e. The zero-order chi connectivity index (χ0) is 18.4. The summed E-state index contributed by atoms with van der Waals surface area (Å²) >= 11 is 0. The molecule has 3 N–H and O–H groups in total. The molecule has 1 fully saturated rings. The Morgan fingerprint density at radius 2 is 1.92 bits per heavy atom. The highest BCUT2D eigenvalue weighted by atomic mass is 16.5. The van der Waals surface area contributed by atoms with E-state index in [9.17, 15) is 4.79 Å². The number of benzene rings is 2. The highest BCUT2D eigenvalue weighted by Gasteiger charge is 2.26. The molecule has 1 aliphatic rings. The Morgan fingerprint density at radius 1 is 1.19 bits per heavy atom. The molecule has 1 heterocycles. The lowest BCUT2D eigenvalue weighted by atomic mass is 9.92. The van der Waals surface area contributed by atoms with Crippen LogP contribution in [0.3, 0.4) is 0 Å². The summed E-state index contributed by atoms with van der Waals surface area (Å²) in [5.74, 6) is 0.0282. The van der Waals surface area contributed by atoms with E-state index in [1.807, 2.05) is 18.2 Å². The average Bonchev–Trinajstić information content (AvgIpc) is 3.19. The van der Waals surface area contributed by atoms with E-state index < -0.39 is 11.9 Å². The van der Waals surface area contributed by atoms with Gasteiger partial charge in [-0.2, -0.15) is 5.26 Å². The summed E-state index contributed by atoms with van der Waals surface area (Å²) in [6, 6.07) is 18.5. The van der Waals surface area contributed by atoms with Crippen LogP contribution >= 0.6 is 0 Å². The molecule has 3 atom stereocenters. The lowest BCUT2D eigenvalue weighted by molar-refractivity contribution is -0.120. The molecule has 5 nitrogen and oxygen atoms in total. The molecule has 1 aliphatic heterocycles. The summed E-state index contributed by atoms with van der Waals surface area (Å²) in [4.78, 5) is 12.1. The molecule has 0 aromatic heterocycles. The van der Waals surface area contributed by atoms with Crippen molar-refractivity contribution in [2.24, 2.45) is 11.7 Å². The molecule has 134 valence electrons. The van der Waals surface area contributed by atoms with Crippen LogP contribution < -0.4 is 11.1 Å². The molecule has 1 saturated heterocycles. The second-order valence-corrected chi connectivity index (χ2v) is 6.66. The minimum Gasteiger partial charge on any atom is -0.381 e. The molecule has 5 heteroatoms. The number of carbonyl (C=O) groups excluding carboxylic acids is 1. The second kappa shape index (κ2) is 8.61. The van der Waals surface area contributed by atoms with Crippen LogP contribution in [0.5, 0.6) is 0 Å². The summed E-state index contributed by atoms with van der Waals surface area (Å²) in [5.41, 5.74) is 8.13. The van der Waals surface area contributed by atoms with Gasteiger partial charge in [-0.05, 0) is 42.0 Å². The van der Waals surface area contributed by atoms with E-state index >= 15 is 0 Å². The number of amides is 1. The summed E-state index contributed by atoms with van der Waals surface area (Å²) in [7, 11) is 0. The van der Waals surface area contributed by atoms with Crippen molar-refractivity contribution in [3.63, 3.8) is 0 Å². The monoisotopic (exact) mass is 349 g/mol. The molecule has 0 radical (unpaired) electrons. The van der Waals surface area contributed by atoms with Crippen LogP contribution in [0.25, 0.3) is 0 Å². The van der Waals surface area contributed by atoms with Gasteiger partial charge in [0, 0.05) is 19.3 Å². The SMILES string of the molecule is N#Cc1ccc([C@H](N[C@H](C[C@H]2CCOC2)c2ccccc2)C(N)=O)cc1. The highest BCUT2D eigenvalue weighted by Crippen LogP contribution is 2.29. The molecule has 1 amide bonds. The van der Waals surface area contributed by atoms with Gasteiger partial charge < -0.3 is 10.5 Å². The van der Waals surface area contributed by atoms with E-state index in [1.165, 1.54) is 0 Å². The lowest BCUT2D eigenvalue weighted by Crippen LogP contribution is -2.37.